The third-order valence-corrected chi connectivity index (χ3v) is 1.29. The van der Waals surface area contributed by atoms with Crippen LogP contribution >= 0.6 is 0 Å². The Balaban J connectivity index is 2.87. The number of hydrogen-bond donors (Lipinski definition) is 2. The molecule has 0 aromatic heterocycles. The van der Waals surface area contributed by atoms with Crippen LogP contribution in [0.3, 0.4) is 0 Å². The summed E-state index contributed by atoms with van der Waals surface area (Å²) in [4.78, 5) is 10.3. The number of rotatable bonds is 9. The minimum absolute atomic E-state index is 0.0800. The van der Waals surface area contributed by atoms with E-state index in [4.69, 9.17) is 14.6 Å². The molecule has 0 aromatic rings. The molecule has 78 valence electrons. The van der Waals surface area contributed by atoms with E-state index < -0.39 is 0 Å². The molecule has 4 N–H and O–H groups in total. The van der Waals surface area contributed by atoms with Crippen LogP contribution in [0.25, 0.3) is 0 Å². The predicted octanol–water partition coefficient (Wildman–Crippen LogP) is -1.44. The maximum atomic E-state index is 10.3. The second kappa shape index (κ2) is 9.60. The molecule has 0 radical (unpaired) electrons. The zero-order valence-corrected chi connectivity index (χ0v) is 7.83. The molecule has 0 aliphatic rings. The van der Waals surface area contributed by atoms with Crippen LogP contribution in [0.2, 0.25) is 0 Å². The molecular formula is C8H18NO4+. The summed E-state index contributed by atoms with van der Waals surface area (Å²) >= 11 is 0. The second-order valence-electron chi connectivity index (χ2n) is 2.63. The van der Waals surface area contributed by atoms with Crippen LogP contribution in [0, 0.1) is 0 Å². The van der Waals surface area contributed by atoms with Gasteiger partial charge in [0.25, 0.3) is 0 Å². The Labute approximate surface area is 77.8 Å². The number of carbonyl (C=O) groups is 1. The van der Waals surface area contributed by atoms with Crippen molar-refractivity contribution in [3.05, 3.63) is 0 Å². The summed E-state index contributed by atoms with van der Waals surface area (Å²) < 4.78 is 10.1. The Morgan fingerprint density at radius 1 is 1.15 bits per heavy atom. The molecule has 0 fully saturated rings. The second-order valence-corrected chi connectivity index (χ2v) is 2.63. The highest BCUT2D eigenvalue weighted by Gasteiger charge is 1.96. The molecule has 0 spiro atoms. The molecule has 0 unspecified atom stereocenters. The Morgan fingerprint density at radius 3 is 2.38 bits per heavy atom. The van der Waals surface area contributed by atoms with Crippen molar-refractivity contribution in [2.75, 3.05) is 33.0 Å². The summed E-state index contributed by atoms with van der Waals surface area (Å²) in [5.41, 5.74) is 3.17. The maximum Gasteiger partial charge on any atom is 0.334 e. The minimum Gasteiger partial charge on any atom is -0.396 e. The highest BCUT2D eigenvalue weighted by Crippen LogP contribution is 1.86. The Morgan fingerprint density at radius 2 is 1.77 bits per heavy atom. The number of carbonyl (C=O) groups excluding carboxylic acids is 1. The van der Waals surface area contributed by atoms with Crippen LogP contribution in [-0.2, 0) is 14.3 Å². The zero-order chi connectivity index (χ0) is 9.94. The fraction of sp³-hybridized carbons (Fsp3) is 0.875. The smallest absolute Gasteiger partial charge is 0.334 e. The summed E-state index contributed by atoms with van der Waals surface area (Å²) in [5, 5.41) is 8.42. The van der Waals surface area contributed by atoms with Gasteiger partial charge in [-0.3, -0.25) is 5.73 Å². The lowest BCUT2D eigenvalue weighted by atomic mass is 10.4. The van der Waals surface area contributed by atoms with E-state index in [1.54, 1.807) is 0 Å². The van der Waals surface area contributed by atoms with Gasteiger partial charge in [0.15, 0.2) is 6.61 Å². The first-order valence-electron chi connectivity index (χ1n) is 4.38. The Hall–Kier alpha value is -0.490. The number of aliphatic hydroxyl groups is 1. The van der Waals surface area contributed by atoms with Crippen LogP contribution in [0.1, 0.15) is 12.8 Å². The summed E-state index contributed by atoms with van der Waals surface area (Å²) in [6, 6.07) is 0. The molecule has 0 aromatic carbocycles. The van der Waals surface area contributed by atoms with Gasteiger partial charge in [0, 0.05) is 26.4 Å². The highest BCUT2D eigenvalue weighted by molar-refractivity contribution is 5.65. The fourth-order valence-electron chi connectivity index (χ4n) is 0.718. The van der Waals surface area contributed by atoms with Crippen LogP contribution in [-0.4, -0.2) is 44.0 Å². The van der Waals surface area contributed by atoms with E-state index in [0.717, 1.165) is 6.42 Å². The van der Waals surface area contributed by atoms with E-state index in [9.17, 15) is 4.79 Å². The first kappa shape index (κ1) is 12.5. The van der Waals surface area contributed by atoms with Crippen molar-refractivity contribution in [2.24, 2.45) is 0 Å². The third kappa shape index (κ3) is 11.5. The molecule has 0 aliphatic carbocycles. The normalized spacial score (nSPS) is 10.3. The van der Waals surface area contributed by atoms with Gasteiger partial charge in [0.2, 0.25) is 0 Å². The molecule has 1 amide bonds. The van der Waals surface area contributed by atoms with Gasteiger partial charge >= 0.3 is 5.91 Å². The lowest BCUT2D eigenvalue weighted by molar-refractivity contribution is -0.309. The van der Waals surface area contributed by atoms with Gasteiger partial charge in [-0.2, -0.15) is 0 Å². The number of ether oxygens (including phenoxy) is 2. The summed E-state index contributed by atoms with van der Waals surface area (Å²) in [6.07, 6.45) is 1.43. The monoisotopic (exact) mass is 192 g/mol. The summed E-state index contributed by atoms with van der Waals surface area (Å²) in [6.45, 7) is 1.93. The van der Waals surface area contributed by atoms with E-state index in [2.05, 4.69) is 5.73 Å². The molecule has 5 heteroatoms. The van der Waals surface area contributed by atoms with Crippen LogP contribution < -0.4 is 5.73 Å². The van der Waals surface area contributed by atoms with Gasteiger partial charge in [-0.15, -0.1) is 0 Å². The van der Waals surface area contributed by atoms with Crippen molar-refractivity contribution in [3.8, 4) is 0 Å². The van der Waals surface area contributed by atoms with Gasteiger partial charge in [0.05, 0.1) is 0 Å². The van der Waals surface area contributed by atoms with Crippen molar-refractivity contribution in [3.63, 3.8) is 0 Å². The van der Waals surface area contributed by atoms with Crippen molar-refractivity contribution in [2.45, 2.75) is 12.8 Å². The molecule has 0 aliphatic heterocycles. The van der Waals surface area contributed by atoms with Gasteiger partial charge < -0.3 is 14.6 Å². The number of quaternary nitrogens is 1. The van der Waals surface area contributed by atoms with Gasteiger partial charge in [-0.05, 0) is 12.8 Å². The average molecular weight is 192 g/mol. The van der Waals surface area contributed by atoms with Crippen molar-refractivity contribution >= 4 is 5.91 Å². The quantitative estimate of drug-likeness (QED) is 0.438. The SMILES string of the molecule is [NH3+]C(=O)COCCCOCCCO. The van der Waals surface area contributed by atoms with Crippen molar-refractivity contribution in [1.82, 2.24) is 0 Å². The molecule has 0 saturated carbocycles. The van der Waals surface area contributed by atoms with Gasteiger partial charge in [0.1, 0.15) is 0 Å². The topological polar surface area (TPSA) is 83.4 Å². The molecule has 0 rings (SSSR count). The molecule has 13 heavy (non-hydrogen) atoms. The Bertz CT molecular complexity index is 129. The first-order valence-corrected chi connectivity index (χ1v) is 4.38. The molecule has 5 nitrogen and oxygen atoms in total. The lowest BCUT2D eigenvalue weighted by Gasteiger charge is -2.02. The van der Waals surface area contributed by atoms with Gasteiger partial charge in [-0.25, -0.2) is 4.79 Å². The number of amides is 1. The standard InChI is InChI=1S/C8H17NO4/c9-8(11)7-13-6-2-5-12-4-1-3-10/h10H,1-7H2,(H2,9,11)/p+1. The number of aliphatic hydroxyl groups excluding tert-OH is 1. The van der Waals surface area contributed by atoms with E-state index in [1.807, 2.05) is 0 Å². The van der Waals surface area contributed by atoms with Crippen LogP contribution in [0.5, 0.6) is 0 Å². The van der Waals surface area contributed by atoms with E-state index in [0.29, 0.717) is 26.2 Å². The first-order chi connectivity index (χ1) is 6.27. The van der Waals surface area contributed by atoms with Crippen LogP contribution in [0.15, 0.2) is 0 Å². The van der Waals surface area contributed by atoms with Gasteiger partial charge in [-0.1, -0.05) is 0 Å². The molecule has 0 saturated heterocycles. The van der Waals surface area contributed by atoms with E-state index in [1.165, 1.54) is 0 Å². The average Bonchev–Trinajstić information content (AvgIpc) is 2.09. The lowest BCUT2D eigenvalue weighted by Crippen LogP contribution is -2.59. The van der Waals surface area contributed by atoms with Crippen LogP contribution in [0.4, 0.5) is 0 Å². The van der Waals surface area contributed by atoms with E-state index in [-0.39, 0.29) is 19.1 Å². The maximum absolute atomic E-state index is 10.3. The summed E-state index contributed by atoms with van der Waals surface area (Å²) in [7, 11) is 0. The predicted molar refractivity (Wildman–Crippen MR) is 45.9 cm³/mol. The highest BCUT2D eigenvalue weighted by atomic mass is 16.5. The largest absolute Gasteiger partial charge is 0.396 e. The molecule has 0 heterocycles. The third-order valence-electron chi connectivity index (χ3n) is 1.29. The molecule has 0 bridgehead atoms. The number of hydrogen-bond acceptors (Lipinski definition) is 4. The van der Waals surface area contributed by atoms with Crippen molar-refractivity contribution in [1.29, 1.82) is 0 Å². The summed E-state index contributed by atoms with van der Waals surface area (Å²) in [5.74, 6) is -0.207. The minimum atomic E-state index is -0.207. The molecule has 0 atom stereocenters. The van der Waals surface area contributed by atoms with Crippen molar-refractivity contribution < 1.29 is 25.1 Å². The fourth-order valence-corrected chi connectivity index (χ4v) is 0.718. The Kier molecular flexibility index (Phi) is 9.24. The van der Waals surface area contributed by atoms with E-state index >= 15 is 0 Å². The zero-order valence-electron chi connectivity index (χ0n) is 7.83. The molecular weight excluding hydrogens is 174 g/mol.